The molecule has 0 saturated carbocycles. The van der Waals surface area contributed by atoms with Crippen molar-refractivity contribution >= 4 is 23.6 Å². The summed E-state index contributed by atoms with van der Waals surface area (Å²) in [5.74, 6) is 0.318. The largest absolute Gasteiger partial charge is 0.391 e. The fraction of sp³-hybridized carbons (Fsp3) is 0.462. The van der Waals surface area contributed by atoms with Crippen molar-refractivity contribution in [1.29, 1.82) is 0 Å². The van der Waals surface area contributed by atoms with Crippen LogP contribution in [0.2, 0.25) is 5.02 Å². The van der Waals surface area contributed by atoms with Crippen LogP contribution in [0.3, 0.4) is 0 Å². The van der Waals surface area contributed by atoms with E-state index in [1.54, 1.807) is 12.1 Å². The number of nitrogens with zero attached hydrogens (tertiary/aromatic N) is 1. The molecule has 4 heteroatoms. The third kappa shape index (κ3) is 2.61. The lowest BCUT2D eigenvalue weighted by atomic mass is 9.95. The summed E-state index contributed by atoms with van der Waals surface area (Å²) in [5, 5.41) is 10.4. The van der Waals surface area contributed by atoms with E-state index in [0.717, 1.165) is 24.9 Å². The molecule has 0 bridgehead atoms. The van der Waals surface area contributed by atoms with E-state index in [1.807, 2.05) is 17.9 Å². The number of aliphatic hydroxyl groups is 1. The SMILES string of the molecule is CC1CCN(c2ccc(Cl)cc2C=O)CC1O. The molecule has 1 fully saturated rings. The molecule has 0 aromatic heterocycles. The quantitative estimate of drug-likeness (QED) is 0.823. The van der Waals surface area contributed by atoms with E-state index in [4.69, 9.17) is 11.6 Å². The highest BCUT2D eigenvalue weighted by Gasteiger charge is 2.25. The van der Waals surface area contributed by atoms with Crippen LogP contribution in [0.4, 0.5) is 5.69 Å². The molecule has 0 radical (unpaired) electrons. The molecule has 1 aromatic rings. The molecule has 0 spiro atoms. The normalized spacial score (nSPS) is 24.8. The van der Waals surface area contributed by atoms with Crippen molar-refractivity contribution < 1.29 is 9.90 Å². The van der Waals surface area contributed by atoms with Crippen LogP contribution in [0.5, 0.6) is 0 Å². The predicted molar refractivity (Wildman–Crippen MR) is 68.8 cm³/mol. The maximum absolute atomic E-state index is 11.0. The standard InChI is InChI=1S/C13H16ClNO2/c1-9-4-5-15(7-13(9)17)12-3-2-11(14)6-10(12)8-16/h2-3,6,8-9,13,17H,4-5,7H2,1H3. The summed E-state index contributed by atoms with van der Waals surface area (Å²) < 4.78 is 0. The third-order valence-corrected chi connectivity index (χ3v) is 3.61. The zero-order chi connectivity index (χ0) is 12.4. The Labute approximate surface area is 106 Å². The lowest BCUT2D eigenvalue weighted by Gasteiger charge is -2.36. The Bertz CT molecular complexity index is 422. The van der Waals surface area contributed by atoms with Crippen molar-refractivity contribution in [3.05, 3.63) is 28.8 Å². The van der Waals surface area contributed by atoms with Crippen LogP contribution in [0.1, 0.15) is 23.7 Å². The van der Waals surface area contributed by atoms with Gasteiger partial charge in [-0.05, 0) is 30.5 Å². The number of piperidine rings is 1. The third-order valence-electron chi connectivity index (χ3n) is 3.38. The number of carbonyl (C=O) groups excluding carboxylic acids is 1. The number of hydrogen-bond acceptors (Lipinski definition) is 3. The van der Waals surface area contributed by atoms with Crippen molar-refractivity contribution in [2.45, 2.75) is 19.4 Å². The maximum atomic E-state index is 11.0. The first-order valence-corrected chi connectivity index (χ1v) is 6.17. The van der Waals surface area contributed by atoms with Gasteiger partial charge >= 0.3 is 0 Å². The average Bonchev–Trinajstić information content (AvgIpc) is 2.32. The molecule has 92 valence electrons. The summed E-state index contributed by atoms with van der Waals surface area (Å²) >= 11 is 5.86. The van der Waals surface area contributed by atoms with Crippen molar-refractivity contribution in [3.8, 4) is 0 Å². The minimum Gasteiger partial charge on any atom is -0.391 e. The molecular formula is C13H16ClNO2. The van der Waals surface area contributed by atoms with Crippen molar-refractivity contribution in [2.75, 3.05) is 18.0 Å². The van der Waals surface area contributed by atoms with E-state index in [0.29, 0.717) is 23.0 Å². The molecular weight excluding hydrogens is 238 g/mol. The molecule has 2 rings (SSSR count). The molecule has 2 unspecified atom stereocenters. The van der Waals surface area contributed by atoms with Crippen LogP contribution < -0.4 is 4.90 Å². The van der Waals surface area contributed by atoms with Crippen LogP contribution in [0, 0.1) is 5.92 Å². The summed E-state index contributed by atoms with van der Waals surface area (Å²) in [4.78, 5) is 13.1. The number of β-amino-alcohol motifs (C(OH)–C–C–N with tert-alkyl or cyclic N) is 1. The van der Waals surface area contributed by atoms with Crippen molar-refractivity contribution in [2.24, 2.45) is 5.92 Å². The first-order chi connectivity index (χ1) is 8.11. The van der Waals surface area contributed by atoms with Crippen LogP contribution in [0.15, 0.2) is 18.2 Å². The molecule has 0 aliphatic carbocycles. The van der Waals surface area contributed by atoms with Crippen molar-refractivity contribution in [1.82, 2.24) is 0 Å². The van der Waals surface area contributed by atoms with E-state index in [2.05, 4.69) is 0 Å². The topological polar surface area (TPSA) is 40.5 Å². The van der Waals surface area contributed by atoms with E-state index in [9.17, 15) is 9.90 Å². The van der Waals surface area contributed by atoms with Crippen LogP contribution in [0.25, 0.3) is 0 Å². The highest BCUT2D eigenvalue weighted by molar-refractivity contribution is 6.31. The number of rotatable bonds is 2. The van der Waals surface area contributed by atoms with Gasteiger partial charge in [-0.1, -0.05) is 18.5 Å². The molecule has 1 aliphatic rings. The fourth-order valence-electron chi connectivity index (χ4n) is 2.18. The van der Waals surface area contributed by atoms with Gasteiger partial charge in [0.2, 0.25) is 0 Å². The summed E-state index contributed by atoms with van der Waals surface area (Å²) in [6.07, 6.45) is 1.41. The van der Waals surface area contributed by atoms with E-state index >= 15 is 0 Å². The Hall–Kier alpha value is -1.06. The zero-order valence-corrected chi connectivity index (χ0v) is 10.5. The Balaban J connectivity index is 2.25. The molecule has 0 amide bonds. The zero-order valence-electron chi connectivity index (χ0n) is 9.77. The number of halogens is 1. The van der Waals surface area contributed by atoms with Crippen LogP contribution >= 0.6 is 11.6 Å². The van der Waals surface area contributed by atoms with Gasteiger partial charge in [0.05, 0.1) is 6.10 Å². The van der Waals surface area contributed by atoms with Crippen molar-refractivity contribution in [3.63, 3.8) is 0 Å². The highest BCUT2D eigenvalue weighted by Crippen LogP contribution is 2.27. The van der Waals surface area contributed by atoms with Gasteiger partial charge in [-0.25, -0.2) is 0 Å². The van der Waals surface area contributed by atoms with E-state index in [1.165, 1.54) is 0 Å². The maximum Gasteiger partial charge on any atom is 0.152 e. The highest BCUT2D eigenvalue weighted by atomic mass is 35.5. The number of benzene rings is 1. The molecule has 1 heterocycles. The minimum absolute atomic E-state index is 0.318. The van der Waals surface area contributed by atoms with Gasteiger partial charge in [-0.15, -0.1) is 0 Å². The Kier molecular flexibility index (Phi) is 3.69. The van der Waals surface area contributed by atoms with Gasteiger partial charge in [-0.3, -0.25) is 4.79 Å². The summed E-state index contributed by atoms with van der Waals surface area (Å²) in [5.41, 5.74) is 1.44. The van der Waals surface area contributed by atoms with Gasteiger partial charge in [0.25, 0.3) is 0 Å². The second kappa shape index (κ2) is 5.07. The minimum atomic E-state index is -0.334. The van der Waals surface area contributed by atoms with Crippen LogP contribution in [-0.4, -0.2) is 30.6 Å². The van der Waals surface area contributed by atoms with Crippen LogP contribution in [-0.2, 0) is 0 Å². The number of carbonyl (C=O) groups is 1. The van der Waals surface area contributed by atoms with Gasteiger partial charge in [0.1, 0.15) is 0 Å². The second-order valence-corrected chi connectivity index (χ2v) is 5.04. The smallest absolute Gasteiger partial charge is 0.152 e. The Morgan fingerprint density at radius 1 is 1.53 bits per heavy atom. The molecule has 2 atom stereocenters. The van der Waals surface area contributed by atoms with E-state index < -0.39 is 0 Å². The number of aliphatic hydroxyl groups excluding tert-OH is 1. The second-order valence-electron chi connectivity index (χ2n) is 4.60. The van der Waals surface area contributed by atoms with Gasteiger partial charge in [0, 0.05) is 29.4 Å². The predicted octanol–water partition coefficient (Wildman–Crippen LogP) is 2.36. The molecule has 1 aliphatic heterocycles. The van der Waals surface area contributed by atoms with Gasteiger partial charge < -0.3 is 10.0 Å². The number of hydrogen-bond donors (Lipinski definition) is 1. The fourth-order valence-corrected chi connectivity index (χ4v) is 2.36. The summed E-state index contributed by atoms with van der Waals surface area (Å²) in [6.45, 7) is 3.48. The first kappa shape index (κ1) is 12.4. The van der Waals surface area contributed by atoms with Gasteiger partial charge in [0.15, 0.2) is 6.29 Å². The average molecular weight is 254 g/mol. The summed E-state index contributed by atoms with van der Waals surface area (Å²) in [7, 11) is 0. The summed E-state index contributed by atoms with van der Waals surface area (Å²) in [6, 6.07) is 5.28. The Morgan fingerprint density at radius 2 is 2.29 bits per heavy atom. The molecule has 1 saturated heterocycles. The number of anilines is 1. The number of aldehydes is 1. The lowest BCUT2D eigenvalue weighted by molar-refractivity contribution is 0.102. The molecule has 1 N–H and O–H groups in total. The molecule has 17 heavy (non-hydrogen) atoms. The molecule has 1 aromatic carbocycles. The first-order valence-electron chi connectivity index (χ1n) is 5.79. The monoisotopic (exact) mass is 253 g/mol. The van der Waals surface area contributed by atoms with E-state index in [-0.39, 0.29) is 6.10 Å². The Morgan fingerprint density at radius 3 is 2.94 bits per heavy atom. The molecule has 3 nitrogen and oxygen atoms in total. The van der Waals surface area contributed by atoms with Gasteiger partial charge in [-0.2, -0.15) is 0 Å². The lowest BCUT2D eigenvalue weighted by Crippen LogP contribution is -2.43.